The van der Waals surface area contributed by atoms with Crippen LogP contribution in [0.3, 0.4) is 0 Å². The van der Waals surface area contributed by atoms with Crippen molar-refractivity contribution in [3.05, 3.63) is 241 Å². The minimum absolute atomic E-state index is 0.368. The summed E-state index contributed by atoms with van der Waals surface area (Å²) in [4.78, 5) is 15.4. The molecule has 2 aromatic heterocycles. The quantitative estimate of drug-likeness (QED) is 0.163. The van der Waals surface area contributed by atoms with E-state index in [9.17, 15) is 0 Å². The van der Waals surface area contributed by atoms with Crippen LogP contribution < -0.4 is 0 Å². The molecule has 0 aliphatic heterocycles. The fraction of sp³-hybridized carbons (Fsp3) is 0.0167. The highest BCUT2D eigenvalue weighted by Crippen LogP contribution is 2.62. The first-order chi connectivity index (χ1) is 31.7. The highest BCUT2D eigenvalue weighted by molar-refractivity contribution is 6.17. The van der Waals surface area contributed by atoms with Crippen molar-refractivity contribution in [3.63, 3.8) is 0 Å². The summed E-state index contributed by atoms with van der Waals surface area (Å²) in [6.45, 7) is 0. The van der Waals surface area contributed by atoms with E-state index in [1.54, 1.807) is 0 Å². The van der Waals surface area contributed by atoms with E-state index < -0.39 is 0 Å². The molecule has 296 valence electrons. The van der Waals surface area contributed by atoms with E-state index in [2.05, 4.69) is 205 Å². The normalized spacial score (nSPS) is 13.1. The summed E-state index contributed by atoms with van der Waals surface area (Å²) < 4.78 is 2.33. The lowest BCUT2D eigenvalue weighted by Gasteiger charge is -2.30. The summed E-state index contributed by atoms with van der Waals surface area (Å²) in [7, 11) is 0. The molecule has 14 rings (SSSR count). The molecule has 0 bridgehead atoms. The van der Waals surface area contributed by atoms with Crippen molar-refractivity contribution < 1.29 is 0 Å². The Bertz CT molecular complexity index is 3820. The predicted octanol–water partition coefficient (Wildman–Crippen LogP) is 14.6. The van der Waals surface area contributed by atoms with Gasteiger partial charge in [-0.3, -0.25) is 0 Å². The maximum atomic E-state index is 5.19. The van der Waals surface area contributed by atoms with E-state index >= 15 is 0 Å². The van der Waals surface area contributed by atoms with Gasteiger partial charge in [0.15, 0.2) is 17.5 Å². The third kappa shape index (κ3) is 4.85. The highest BCUT2D eigenvalue weighted by atomic mass is 15.0. The molecular formula is C60H36N4. The molecule has 4 heteroatoms. The number of para-hydroxylation sites is 2. The SMILES string of the molecule is c1ccc(-c2nc(-c3ccc(-c4ccc5c(c4)-c4ccccc4C54c5cccc6ccc7cccc4c7c56)cc3)nc(-c3ccc4c(c3)c3ccccc3n4-c3ccccc3)n2)cc1. The Labute approximate surface area is 369 Å². The van der Waals surface area contributed by atoms with Crippen LogP contribution in [0.1, 0.15) is 22.3 Å². The molecule has 2 heterocycles. The molecular weight excluding hydrogens is 777 g/mol. The molecule has 0 saturated heterocycles. The molecule has 4 nitrogen and oxygen atoms in total. The minimum Gasteiger partial charge on any atom is -0.309 e. The monoisotopic (exact) mass is 812 g/mol. The van der Waals surface area contributed by atoms with Gasteiger partial charge in [0.2, 0.25) is 0 Å². The van der Waals surface area contributed by atoms with Crippen molar-refractivity contribution in [2.45, 2.75) is 5.41 Å². The number of fused-ring (bicyclic) bond motifs is 10. The molecule has 0 fully saturated rings. The van der Waals surface area contributed by atoms with Gasteiger partial charge in [-0.05, 0) is 109 Å². The van der Waals surface area contributed by atoms with E-state index in [0.717, 1.165) is 44.4 Å². The lowest BCUT2D eigenvalue weighted by molar-refractivity contribution is 0.797. The fourth-order valence-corrected chi connectivity index (χ4v) is 11.1. The summed E-state index contributed by atoms with van der Waals surface area (Å²) in [5, 5.41) is 7.69. The third-order valence-electron chi connectivity index (χ3n) is 13.8. The molecule has 0 N–H and O–H groups in total. The van der Waals surface area contributed by atoms with E-state index in [-0.39, 0.29) is 5.41 Å². The Morgan fingerprint density at radius 1 is 0.312 bits per heavy atom. The number of hydrogen-bond donors (Lipinski definition) is 0. The smallest absolute Gasteiger partial charge is 0.164 e. The van der Waals surface area contributed by atoms with Crippen LogP contribution >= 0.6 is 0 Å². The number of benzene rings is 10. The van der Waals surface area contributed by atoms with Crippen molar-refractivity contribution in [2.75, 3.05) is 0 Å². The van der Waals surface area contributed by atoms with Gasteiger partial charge in [0.25, 0.3) is 0 Å². The topological polar surface area (TPSA) is 43.6 Å². The average Bonchev–Trinajstić information content (AvgIpc) is 3.98. The second-order valence-electron chi connectivity index (χ2n) is 17.1. The summed E-state index contributed by atoms with van der Waals surface area (Å²) in [6.07, 6.45) is 0. The van der Waals surface area contributed by atoms with Crippen molar-refractivity contribution in [1.29, 1.82) is 0 Å². The van der Waals surface area contributed by atoms with Crippen molar-refractivity contribution in [2.24, 2.45) is 0 Å². The Balaban J connectivity index is 0.880. The van der Waals surface area contributed by atoms with Gasteiger partial charge >= 0.3 is 0 Å². The van der Waals surface area contributed by atoms with Crippen LogP contribution in [-0.2, 0) is 5.41 Å². The highest BCUT2D eigenvalue weighted by Gasteiger charge is 2.50. The molecule has 0 atom stereocenters. The molecule has 64 heavy (non-hydrogen) atoms. The molecule has 2 aliphatic rings. The van der Waals surface area contributed by atoms with E-state index in [0.29, 0.717) is 17.5 Å². The molecule has 0 unspecified atom stereocenters. The average molecular weight is 813 g/mol. The van der Waals surface area contributed by atoms with Crippen LogP contribution in [0.25, 0.3) is 105 Å². The lowest BCUT2D eigenvalue weighted by Crippen LogP contribution is -2.26. The van der Waals surface area contributed by atoms with Crippen LogP contribution in [0.4, 0.5) is 0 Å². The molecule has 0 saturated carbocycles. The molecule has 0 amide bonds. The van der Waals surface area contributed by atoms with E-state index in [4.69, 9.17) is 15.0 Å². The van der Waals surface area contributed by atoms with Gasteiger partial charge in [0.05, 0.1) is 16.4 Å². The van der Waals surface area contributed by atoms with E-state index in [1.165, 1.54) is 65.9 Å². The molecule has 1 spiro atoms. The zero-order valence-electron chi connectivity index (χ0n) is 34.6. The predicted molar refractivity (Wildman–Crippen MR) is 262 cm³/mol. The first-order valence-electron chi connectivity index (χ1n) is 21.9. The van der Waals surface area contributed by atoms with Gasteiger partial charge in [0, 0.05) is 33.2 Å². The summed E-state index contributed by atoms with van der Waals surface area (Å²) in [5.74, 6) is 1.91. The second-order valence-corrected chi connectivity index (χ2v) is 17.1. The summed E-state index contributed by atoms with van der Waals surface area (Å²) >= 11 is 0. The van der Waals surface area contributed by atoms with Gasteiger partial charge in [-0.25, -0.2) is 15.0 Å². The number of nitrogens with zero attached hydrogens (tertiary/aromatic N) is 4. The van der Waals surface area contributed by atoms with Crippen molar-refractivity contribution >= 4 is 43.4 Å². The Morgan fingerprint density at radius 3 is 1.58 bits per heavy atom. The molecule has 12 aromatic rings. The largest absolute Gasteiger partial charge is 0.309 e. The van der Waals surface area contributed by atoms with Gasteiger partial charge in [0.1, 0.15) is 0 Å². The van der Waals surface area contributed by atoms with Gasteiger partial charge in [-0.2, -0.15) is 0 Å². The molecule has 2 aliphatic carbocycles. The Hall–Kier alpha value is -8.47. The lowest BCUT2D eigenvalue weighted by atomic mass is 9.70. The fourth-order valence-electron chi connectivity index (χ4n) is 11.1. The number of aromatic nitrogens is 4. The summed E-state index contributed by atoms with van der Waals surface area (Å²) in [6, 6.07) is 79.0. The van der Waals surface area contributed by atoms with E-state index in [1.807, 2.05) is 18.2 Å². The zero-order chi connectivity index (χ0) is 41.9. The van der Waals surface area contributed by atoms with Crippen LogP contribution in [-0.4, -0.2) is 19.5 Å². The number of hydrogen-bond acceptors (Lipinski definition) is 3. The van der Waals surface area contributed by atoms with Crippen LogP contribution in [0.2, 0.25) is 0 Å². The maximum absolute atomic E-state index is 5.19. The first kappa shape index (κ1) is 35.2. The maximum Gasteiger partial charge on any atom is 0.164 e. The van der Waals surface area contributed by atoms with Gasteiger partial charge < -0.3 is 4.57 Å². The second kappa shape index (κ2) is 13.3. The van der Waals surface area contributed by atoms with Crippen LogP contribution in [0.5, 0.6) is 0 Å². The first-order valence-corrected chi connectivity index (χ1v) is 21.9. The van der Waals surface area contributed by atoms with Crippen molar-refractivity contribution in [3.8, 4) is 62.1 Å². The van der Waals surface area contributed by atoms with Gasteiger partial charge in [-0.1, -0.05) is 176 Å². The Kier molecular flexibility index (Phi) is 7.29. The van der Waals surface area contributed by atoms with Crippen LogP contribution in [0, 0.1) is 0 Å². The standard InChI is InChI=1S/C60H36N4/c1-3-13-40(14-4-1)57-61-58(63-59(62-57)43-32-34-54-48(36-43)46-20-8-10-24-53(46)64(54)44-17-5-2-6-18-44)41-29-25-37(26-30-41)42-31-33-50-47(35-42)45-19-7-9-21-49(45)60(50)51-22-11-15-38-27-28-39-16-12-23-52(60)56(39)55(38)51/h1-36H. The third-order valence-corrected chi connectivity index (χ3v) is 13.8. The molecule has 0 radical (unpaired) electrons. The number of rotatable bonds is 5. The minimum atomic E-state index is -0.368. The van der Waals surface area contributed by atoms with Crippen molar-refractivity contribution in [1.82, 2.24) is 19.5 Å². The van der Waals surface area contributed by atoms with Gasteiger partial charge in [-0.15, -0.1) is 0 Å². The zero-order valence-corrected chi connectivity index (χ0v) is 34.6. The Morgan fingerprint density at radius 2 is 0.844 bits per heavy atom. The molecule has 10 aromatic carbocycles. The summed E-state index contributed by atoms with van der Waals surface area (Å²) in [5.41, 5.74) is 16.2. The van der Waals surface area contributed by atoms with Crippen LogP contribution in [0.15, 0.2) is 218 Å².